The summed E-state index contributed by atoms with van der Waals surface area (Å²) in [5.74, 6) is -1.85. The second-order valence-corrected chi connectivity index (χ2v) is 11.1. The molecule has 0 bridgehead atoms. The third-order valence-corrected chi connectivity index (χ3v) is 4.61. The van der Waals surface area contributed by atoms with Crippen molar-refractivity contribution >= 4 is 11.9 Å². The molecule has 0 spiro atoms. The minimum absolute atomic E-state index is 0. The fraction of sp³-hybridized carbons (Fsp3) is 0.929. The number of carbonyl (C=O) groups is 2. The predicted molar refractivity (Wildman–Crippen MR) is 135 cm³/mol. The van der Waals surface area contributed by atoms with Crippen molar-refractivity contribution in [2.24, 2.45) is 10.8 Å². The summed E-state index contributed by atoms with van der Waals surface area (Å²) in [6, 6.07) is 0. The van der Waals surface area contributed by atoms with Crippen LogP contribution in [0.1, 0.15) is 145 Å². The Balaban J connectivity index is -0.000000122. The molecule has 0 aliphatic heterocycles. The molecular formula is C28H56O6Ti. The summed E-state index contributed by atoms with van der Waals surface area (Å²) in [5.41, 5.74) is 0.753. The number of carbonyl (C=O) groups excluding carboxylic acids is 2. The van der Waals surface area contributed by atoms with Crippen LogP contribution in [0.5, 0.6) is 0 Å². The van der Waals surface area contributed by atoms with Crippen LogP contribution in [0.3, 0.4) is 0 Å². The molecule has 0 aliphatic carbocycles. The van der Waals surface area contributed by atoms with E-state index in [1.165, 1.54) is 12.8 Å². The Bertz CT molecular complexity index is 384. The molecule has 0 saturated heterocycles. The average molecular weight is 537 g/mol. The first-order valence-electron chi connectivity index (χ1n) is 13.2. The summed E-state index contributed by atoms with van der Waals surface area (Å²) in [6.07, 6.45) is 12.3. The van der Waals surface area contributed by atoms with Gasteiger partial charge >= 0.3 is 21.7 Å². The number of hydrogen-bond donors (Lipinski definition) is 0. The van der Waals surface area contributed by atoms with Crippen molar-refractivity contribution in [1.82, 2.24) is 0 Å². The molecule has 0 heterocycles. The fourth-order valence-corrected chi connectivity index (χ4v) is 2.49. The van der Waals surface area contributed by atoms with Gasteiger partial charge in [-0.25, -0.2) is 0 Å². The molecule has 7 heteroatoms. The molecule has 0 aromatic heterocycles. The summed E-state index contributed by atoms with van der Waals surface area (Å²) in [6.45, 7) is 17.4. The monoisotopic (exact) mass is 536 g/mol. The molecule has 0 aromatic carbocycles. The Morgan fingerprint density at radius 2 is 0.829 bits per heavy atom. The van der Waals surface area contributed by atoms with E-state index in [2.05, 4.69) is 41.5 Å². The van der Waals surface area contributed by atoms with Crippen LogP contribution in [0, 0.1) is 10.8 Å². The zero-order chi connectivity index (χ0) is 27.5. The standard InChI is InChI=1S/2C10H20O2.2C4H9O.Ti/c2*1-10(2,3)8-6-4-5-7-9(11)12;2*1-2-3-4-5;/h2*4-8H2,1-3H3,(H,11,12);2*2-4H2,1H3;/q;;2*-1;+4/p-2. The average Bonchev–Trinajstić information content (AvgIpc) is 2.68. The van der Waals surface area contributed by atoms with Gasteiger partial charge in [0.1, 0.15) is 0 Å². The third kappa shape index (κ3) is 71.9. The Kier molecular flexibility index (Phi) is 40.2. The van der Waals surface area contributed by atoms with Gasteiger partial charge in [-0.1, -0.05) is 107 Å². The molecule has 0 amide bonds. The van der Waals surface area contributed by atoms with Crippen LogP contribution in [0.2, 0.25) is 0 Å². The molecule has 0 rings (SSSR count). The summed E-state index contributed by atoms with van der Waals surface area (Å²) in [7, 11) is 0. The van der Waals surface area contributed by atoms with Crippen LogP contribution in [0.15, 0.2) is 0 Å². The van der Waals surface area contributed by atoms with Gasteiger partial charge in [-0.3, -0.25) is 0 Å². The van der Waals surface area contributed by atoms with Crippen LogP contribution in [-0.4, -0.2) is 25.2 Å². The van der Waals surface area contributed by atoms with Crippen LogP contribution < -0.4 is 20.4 Å². The van der Waals surface area contributed by atoms with Crippen molar-refractivity contribution in [3.8, 4) is 0 Å². The van der Waals surface area contributed by atoms with Crippen LogP contribution in [0.25, 0.3) is 0 Å². The number of carboxylic acids is 2. The first-order chi connectivity index (χ1) is 15.7. The molecule has 6 nitrogen and oxygen atoms in total. The molecule has 0 fully saturated rings. The minimum atomic E-state index is -0.925. The molecule has 35 heavy (non-hydrogen) atoms. The molecular weight excluding hydrogens is 480 g/mol. The van der Waals surface area contributed by atoms with E-state index >= 15 is 0 Å². The topological polar surface area (TPSA) is 126 Å². The fourth-order valence-electron chi connectivity index (χ4n) is 2.49. The molecule has 0 atom stereocenters. The van der Waals surface area contributed by atoms with E-state index in [-0.39, 0.29) is 47.8 Å². The minimum Gasteiger partial charge on any atom is -0.854 e. The van der Waals surface area contributed by atoms with E-state index in [0.717, 1.165) is 64.2 Å². The van der Waals surface area contributed by atoms with E-state index in [1.807, 2.05) is 13.8 Å². The summed E-state index contributed by atoms with van der Waals surface area (Å²) in [5, 5.41) is 39.2. The zero-order valence-corrected chi connectivity index (χ0v) is 25.8. The Hall–Kier alpha value is -0.426. The molecule has 0 aliphatic rings. The SMILES string of the molecule is CC(C)(C)CCCCCC(=O)[O-].CC(C)(C)CCCCCC(=O)[O-].CCCC[O-].CCCC[O-].[Ti+4]. The number of hydrogen-bond acceptors (Lipinski definition) is 6. The van der Waals surface area contributed by atoms with Gasteiger partial charge in [-0.2, -0.15) is 0 Å². The second kappa shape index (κ2) is 31.6. The Labute approximate surface area is 232 Å². The van der Waals surface area contributed by atoms with E-state index in [1.54, 1.807) is 0 Å². The zero-order valence-electron chi connectivity index (χ0n) is 24.3. The molecule has 0 aromatic rings. The smallest absolute Gasteiger partial charge is 0.854 e. The van der Waals surface area contributed by atoms with Gasteiger partial charge in [-0.15, -0.1) is 13.2 Å². The summed E-state index contributed by atoms with van der Waals surface area (Å²) < 4.78 is 0. The van der Waals surface area contributed by atoms with Gasteiger partial charge in [0.25, 0.3) is 0 Å². The van der Waals surface area contributed by atoms with Gasteiger partial charge < -0.3 is 30.0 Å². The maximum absolute atomic E-state index is 10.0. The number of rotatable bonds is 14. The van der Waals surface area contributed by atoms with Crippen molar-refractivity contribution in [2.45, 2.75) is 145 Å². The molecule has 0 N–H and O–H groups in total. The quantitative estimate of drug-likeness (QED) is 0.246. The van der Waals surface area contributed by atoms with Gasteiger partial charge in [0.15, 0.2) is 0 Å². The van der Waals surface area contributed by atoms with Crippen LogP contribution in [0.4, 0.5) is 0 Å². The normalized spacial score (nSPS) is 10.3. The summed E-state index contributed by atoms with van der Waals surface area (Å²) >= 11 is 0. The van der Waals surface area contributed by atoms with Crippen LogP contribution >= 0.6 is 0 Å². The number of unbranched alkanes of at least 4 members (excludes halogenated alkanes) is 6. The first kappa shape index (κ1) is 44.6. The molecule has 0 radical (unpaired) electrons. The first-order valence-corrected chi connectivity index (χ1v) is 13.2. The third-order valence-electron chi connectivity index (χ3n) is 4.61. The largest absolute Gasteiger partial charge is 4.00 e. The number of aliphatic carboxylic acids is 2. The summed E-state index contributed by atoms with van der Waals surface area (Å²) in [4.78, 5) is 20.1. The van der Waals surface area contributed by atoms with Gasteiger partial charge in [0.2, 0.25) is 0 Å². The Morgan fingerprint density at radius 1 is 0.543 bits per heavy atom. The molecule has 0 saturated carbocycles. The van der Waals surface area contributed by atoms with E-state index in [0.29, 0.717) is 10.8 Å². The maximum Gasteiger partial charge on any atom is 4.00 e. The van der Waals surface area contributed by atoms with E-state index in [9.17, 15) is 30.0 Å². The van der Waals surface area contributed by atoms with Gasteiger partial charge in [-0.05, 0) is 49.4 Å². The second-order valence-electron chi connectivity index (χ2n) is 11.1. The maximum atomic E-state index is 10.0. The predicted octanol–water partition coefficient (Wildman–Crippen LogP) is 3.76. The molecule has 0 unspecified atom stereocenters. The number of carboxylic acid groups (broad SMARTS) is 2. The van der Waals surface area contributed by atoms with Gasteiger partial charge in [0, 0.05) is 11.9 Å². The molecule has 208 valence electrons. The van der Waals surface area contributed by atoms with Crippen molar-refractivity contribution in [2.75, 3.05) is 13.2 Å². The van der Waals surface area contributed by atoms with Crippen molar-refractivity contribution < 1.29 is 51.7 Å². The van der Waals surface area contributed by atoms with Crippen molar-refractivity contribution in [1.29, 1.82) is 0 Å². The van der Waals surface area contributed by atoms with Crippen LogP contribution in [-0.2, 0) is 31.3 Å². The Morgan fingerprint density at radius 3 is 0.971 bits per heavy atom. The van der Waals surface area contributed by atoms with E-state index in [4.69, 9.17) is 0 Å². The van der Waals surface area contributed by atoms with Crippen molar-refractivity contribution in [3.63, 3.8) is 0 Å². The van der Waals surface area contributed by atoms with Crippen molar-refractivity contribution in [3.05, 3.63) is 0 Å². The van der Waals surface area contributed by atoms with E-state index < -0.39 is 11.9 Å². The van der Waals surface area contributed by atoms with Gasteiger partial charge in [0.05, 0.1) is 0 Å².